The Labute approximate surface area is 200 Å². The Morgan fingerprint density at radius 3 is 2.57 bits per heavy atom. The van der Waals surface area contributed by atoms with E-state index in [1.807, 2.05) is 43.3 Å². The number of benzene rings is 2. The molecule has 0 atom stereocenters. The van der Waals surface area contributed by atoms with Crippen LogP contribution in [0.1, 0.15) is 37.1 Å². The summed E-state index contributed by atoms with van der Waals surface area (Å²) < 4.78 is 12.9. The molecule has 0 radical (unpaired) electrons. The number of nitrogens with one attached hydrogen (secondary N) is 1. The highest BCUT2D eigenvalue weighted by Gasteiger charge is 2.38. The first-order valence-electron chi connectivity index (χ1n) is 11.6. The lowest BCUT2D eigenvalue weighted by atomic mass is 9.70. The van der Waals surface area contributed by atoms with E-state index in [4.69, 9.17) is 14.1 Å². The number of methoxy groups -OCH3 is 1. The Morgan fingerprint density at radius 2 is 1.86 bits per heavy atom. The zero-order chi connectivity index (χ0) is 24.3. The molecule has 0 aliphatic heterocycles. The smallest absolute Gasteiger partial charge is 0.285 e. The number of aryl methyl sites for hydroxylation is 1. The van der Waals surface area contributed by atoms with Crippen LogP contribution < -0.4 is 10.3 Å². The molecule has 176 valence electrons. The molecule has 5 aromatic rings. The summed E-state index contributed by atoms with van der Waals surface area (Å²) in [6.45, 7) is 3.54. The van der Waals surface area contributed by atoms with Crippen molar-refractivity contribution < 1.29 is 13.9 Å². The van der Waals surface area contributed by atoms with Crippen molar-refractivity contribution in [2.45, 2.75) is 32.6 Å². The van der Waals surface area contributed by atoms with Crippen molar-refractivity contribution in [3.8, 4) is 28.3 Å². The topological polar surface area (TPSA) is 102 Å². The fourth-order valence-corrected chi connectivity index (χ4v) is 5.02. The number of hydrogen-bond acceptors (Lipinski definition) is 6. The molecule has 0 amide bonds. The third kappa shape index (κ3) is 3.28. The van der Waals surface area contributed by atoms with Gasteiger partial charge < -0.3 is 9.15 Å². The van der Waals surface area contributed by atoms with E-state index in [-0.39, 0.29) is 29.1 Å². The maximum absolute atomic E-state index is 13.9. The summed E-state index contributed by atoms with van der Waals surface area (Å²) in [5.74, 6) is 0.877. The highest BCUT2D eigenvalue weighted by Crippen LogP contribution is 2.44. The number of oxazole rings is 1. The van der Waals surface area contributed by atoms with Crippen LogP contribution in [0.2, 0.25) is 0 Å². The fourth-order valence-electron chi connectivity index (χ4n) is 5.02. The van der Waals surface area contributed by atoms with E-state index in [1.165, 1.54) is 4.52 Å². The summed E-state index contributed by atoms with van der Waals surface area (Å²) >= 11 is 0. The second-order valence-electron chi connectivity index (χ2n) is 9.12. The minimum atomic E-state index is -0.285. The largest absolute Gasteiger partial charge is 0.494 e. The molecule has 3 aromatic heterocycles. The van der Waals surface area contributed by atoms with Crippen LogP contribution in [0, 0.1) is 12.8 Å². The minimum Gasteiger partial charge on any atom is -0.494 e. The number of ether oxygens (including phenoxy) is 1. The Morgan fingerprint density at radius 1 is 1.09 bits per heavy atom. The Bertz CT molecular complexity index is 1660. The molecular formula is C27H24N4O4. The van der Waals surface area contributed by atoms with Crippen molar-refractivity contribution in [3.05, 3.63) is 70.3 Å². The molecule has 1 fully saturated rings. The molecule has 0 spiro atoms. The number of ketones is 1. The molecule has 35 heavy (non-hydrogen) atoms. The van der Waals surface area contributed by atoms with Gasteiger partial charge in [0.15, 0.2) is 16.7 Å². The standard InChI is InChI=1S/C27H24N4O4/c1-14-21(16-8-5-4-6-9-16)25-28-23(18-12-17(13-18)15(2)32)22(27(33)31(25)30-14)26-29-24-19(34-3)10-7-11-20(24)35-26/h4-11,17-18,30H,12-13H2,1-3H3. The number of aromatic nitrogens is 4. The van der Waals surface area contributed by atoms with Crippen molar-refractivity contribution in [1.82, 2.24) is 19.6 Å². The molecule has 1 aliphatic carbocycles. The Balaban J connectivity index is 1.62. The molecule has 8 nitrogen and oxygen atoms in total. The van der Waals surface area contributed by atoms with Crippen LogP contribution in [-0.2, 0) is 4.79 Å². The number of carbonyl (C=O) groups is 1. The first kappa shape index (κ1) is 21.3. The predicted molar refractivity (Wildman–Crippen MR) is 132 cm³/mol. The molecule has 0 bridgehead atoms. The van der Waals surface area contributed by atoms with Gasteiger partial charge in [0, 0.05) is 23.1 Å². The minimum absolute atomic E-state index is 0.0154. The molecule has 1 saturated carbocycles. The maximum Gasteiger partial charge on any atom is 0.285 e. The van der Waals surface area contributed by atoms with E-state index in [0.717, 1.165) is 16.8 Å². The Hall–Kier alpha value is -4.20. The van der Waals surface area contributed by atoms with Gasteiger partial charge in [-0.05, 0) is 44.4 Å². The highest BCUT2D eigenvalue weighted by atomic mass is 16.5. The number of aromatic amines is 1. The van der Waals surface area contributed by atoms with Gasteiger partial charge in [-0.25, -0.2) is 14.5 Å². The number of nitrogens with zero attached hydrogens (tertiary/aromatic N) is 3. The van der Waals surface area contributed by atoms with Crippen LogP contribution in [0.25, 0.3) is 39.3 Å². The van der Waals surface area contributed by atoms with Gasteiger partial charge in [0.25, 0.3) is 5.56 Å². The Kier molecular flexibility index (Phi) is 4.84. The molecule has 0 unspecified atom stereocenters. The van der Waals surface area contributed by atoms with Crippen molar-refractivity contribution in [2.75, 3.05) is 7.11 Å². The number of fused-ring (bicyclic) bond motifs is 2. The highest BCUT2D eigenvalue weighted by molar-refractivity contribution is 5.84. The number of para-hydroxylation sites is 1. The van der Waals surface area contributed by atoms with Gasteiger partial charge in [-0.1, -0.05) is 36.4 Å². The van der Waals surface area contributed by atoms with Gasteiger partial charge in [0.2, 0.25) is 5.89 Å². The molecule has 6 rings (SSSR count). The predicted octanol–water partition coefficient (Wildman–Crippen LogP) is 4.90. The van der Waals surface area contributed by atoms with E-state index >= 15 is 0 Å². The summed E-state index contributed by atoms with van der Waals surface area (Å²) in [4.78, 5) is 35.5. The van der Waals surface area contributed by atoms with Crippen molar-refractivity contribution in [1.29, 1.82) is 0 Å². The molecule has 1 N–H and O–H groups in total. The number of H-pyrrole nitrogens is 1. The van der Waals surface area contributed by atoms with Crippen molar-refractivity contribution in [3.63, 3.8) is 0 Å². The van der Waals surface area contributed by atoms with Crippen molar-refractivity contribution >= 4 is 22.5 Å². The zero-order valence-corrected chi connectivity index (χ0v) is 19.7. The average molecular weight is 469 g/mol. The van der Waals surface area contributed by atoms with Gasteiger partial charge >= 0.3 is 0 Å². The third-order valence-corrected chi connectivity index (χ3v) is 6.97. The zero-order valence-electron chi connectivity index (χ0n) is 19.7. The number of rotatable bonds is 5. The summed E-state index contributed by atoms with van der Waals surface area (Å²) in [6.07, 6.45) is 1.30. The van der Waals surface area contributed by atoms with E-state index in [2.05, 4.69) is 10.1 Å². The van der Waals surface area contributed by atoms with E-state index in [9.17, 15) is 9.59 Å². The number of carbonyl (C=O) groups excluding carboxylic acids is 1. The third-order valence-electron chi connectivity index (χ3n) is 6.97. The van der Waals surface area contributed by atoms with Gasteiger partial charge in [-0.3, -0.25) is 14.7 Å². The van der Waals surface area contributed by atoms with Gasteiger partial charge in [0.1, 0.15) is 17.1 Å². The van der Waals surface area contributed by atoms with Crippen LogP contribution in [0.5, 0.6) is 5.75 Å². The first-order valence-corrected chi connectivity index (χ1v) is 11.6. The number of Topliss-reactive ketones (excluding diaryl/α,β-unsaturated/α-hetero) is 1. The van der Waals surface area contributed by atoms with E-state index in [1.54, 1.807) is 26.2 Å². The molecule has 0 saturated heterocycles. The van der Waals surface area contributed by atoms with Crippen LogP contribution >= 0.6 is 0 Å². The SMILES string of the molecule is COc1cccc2oc(-c3c(C4CC(C(C)=O)C4)nc4c(-c5ccccc5)c(C)[nH]n4c3=O)nc12. The summed E-state index contributed by atoms with van der Waals surface area (Å²) in [5.41, 5.74) is 4.94. The quantitative estimate of drug-likeness (QED) is 0.394. The lowest BCUT2D eigenvalue weighted by Gasteiger charge is -2.33. The van der Waals surface area contributed by atoms with E-state index in [0.29, 0.717) is 46.6 Å². The van der Waals surface area contributed by atoms with Gasteiger partial charge in [-0.2, -0.15) is 0 Å². The second-order valence-corrected chi connectivity index (χ2v) is 9.12. The monoisotopic (exact) mass is 468 g/mol. The normalized spacial score (nSPS) is 17.6. The number of hydrogen-bond donors (Lipinski definition) is 1. The first-order chi connectivity index (χ1) is 17.0. The van der Waals surface area contributed by atoms with Crippen LogP contribution in [0.3, 0.4) is 0 Å². The molecular weight excluding hydrogens is 444 g/mol. The average Bonchev–Trinajstić information content (AvgIpc) is 3.39. The van der Waals surface area contributed by atoms with Gasteiger partial charge in [0.05, 0.1) is 12.8 Å². The van der Waals surface area contributed by atoms with Crippen molar-refractivity contribution in [2.24, 2.45) is 5.92 Å². The van der Waals surface area contributed by atoms with E-state index < -0.39 is 0 Å². The molecule has 2 aromatic carbocycles. The second kappa shape index (κ2) is 7.94. The summed E-state index contributed by atoms with van der Waals surface area (Å²) in [5, 5.41) is 3.18. The molecule has 3 heterocycles. The van der Waals surface area contributed by atoms with Crippen LogP contribution in [0.4, 0.5) is 0 Å². The molecule has 1 aliphatic rings. The lowest BCUT2D eigenvalue weighted by Crippen LogP contribution is -2.31. The fraction of sp³-hybridized carbons (Fsp3) is 0.259. The summed E-state index contributed by atoms with van der Waals surface area (Å²) in [6, 6.07) is 15.3. The lowest BCUT2D eigenvalue weighted by molar-refractivity contribution is -0.123. The van der Waals surface area contributed by atoms with Crippen LogP contribution in [0.15, 0.2) is 57.7 Å². The maximum atomic E-state index is 13.9. The van der Waals surface area contributed by atoms with Crippen LogP contribution in [-0.4, -0.2) is 32.5 Å². The summed E-state index contributed by atoms with van der Waals surface area (Å²) in [7, 11) is 1.57. The molecule has 8 heteroatoms. The van der Waals surface area contributed by atoms with Gasteiger partial charge in [-0.15, -0.1) is 0 Å².